The van der Waals surface area contributed by atoms with Crippen LogP contribution in [-0.4, -0.2) is 29.3 Å². The van der Waals surface area contributed by atoms with Crippen LogP contribution in [0.2, 0.25) is 0 Å². The average molecular weight is 442 g/mol. The SMILES string of the molecule is Cc1cc(N2C(=S)N[C@@H](c3ccccn3)[C@@H]2c2cccn2C)ccc1NS(C)(=O)=O. The number of aryl methyl sites for hydroxylation is 2. The van der Waals surface area contributed by atoms with Crippen LogP contribution in [0.1, 0.15) is 29.0 Å². The van der Waals surface area contributed by atoms with Crippen LogP contribution in [0.15, 0.2) is 60.9 Å². The molecule has 2 N–H and O–H groups in total. The van der Waals surface area contributed by atoms with E-state index in [-0.39, 0.29) is 12.1 Å². The lowest BCUT2D eigenvalue weighted by Crippen LogP contribution is -2.30. The van der Waals surface area contributed by atoms with Crippen molar-refractivity contribution in [1.82, 2.24) is 14.9 Å². The molecule has 0 amide bonds. The average Bonchev–Trinajstić information content (AvgIpc) is 3.25. The molecule has 0 spiro atoms. The first kappa shape index (κ1) is 20.4. The Morgan fingerprint density at radius 3 is 2.57 bits per heavy atom. The fraction of sp³-hybridized carbons (Fsp3) is 0.238. The van der Waals surface area contributed by atoms with Crippen LogP contribution in [0.5, 0.6) is 0 Å². The van der Waals surface area contributed by atoms with Crippen molar-refractivity contribution < 1.29 is 8.42 Å². The summed E-state index contributed by atoms with van der Waals surface area (Å²) in [4.78, 5) is 6.62. The van der Waals surface area contributed by atoms with Crippen molar-refractivity contribution in [2.75, 3.05) is 15.9 Å². The van der Waals surface area contributed by atoms with Gasteiger partial charge < -0.3 is 14.8 Å². The van der Waals surface area contributed by atoms with Crippen molar-refractivity contribution in [2.24, 2.45) is 7.05 Å². The van der Waals surface area contributed by atoms with E-state index in [4.69, 9.17) is 12.2 Å². The molecule has 1 fully saturated rings. The standard InChI is InChI=1S/C21H23N5O2S2/c1-14-13-15(9-10-16(14)24-30(3,27)28)26-20(18-8-6-12-25(18)2)19(23-21(26)29)17-7-4-5-11-22-17/h4-13,19-20,24H,1-3H3,(H,23,29)/t19-,20-/m0/s1. The highest BCUT2D eigenvalue weighted by molar-refractivity contribution is 7.92. The highest BCUT2D eigenvalue weighted by atomic mass is 32.2. The van der Waals surface area contributed by atoms with E-state index in [0.29, 0.717) is 10.8 Å². The summed E-state index contributed by atoms with van der Waals surface area (Å²) in [7, 11) is -1.34. The summed E-state index contributed by atoms with van der Waals surface area (Å²) < 4.78 is 27.9. The number of nitrogens with one attached hydrogen (secondary N) is 2. The molecule has 9 heteroatoms. The Bertz CT molecular complexity index is 1190. The third-order valence-electron chi connectivity index (χ3n) is 5.17. The molecule has 156 valence electrons. The Labute approximate surface area is 181 Å². The fourth-order valence-corrected chi connectivity index (χ4v) is 4.80. The van der Waals surface area contributed by atoms with Crippen molar-refractivity contribution >= 4 is 38.7 Å². The number of hydrogen-bond acceptors (Lipinski definition) is 4. The van der Waals surface area contributed by atoms with Gasteiger partial charge in [0.2, 0.25) is 10.0 Å². The minimum absolute atomic E-state index is 0.111. The number of benzene rings is 1. The van der Waals surface area contributed by atoms with Gasteiger partial charge in [-0.1, -0.05) is 6.07 Å². The minimum Gasteiger partial charge on any atom is -0.353 e. The van der Waals surface area contributed by atoms with Crippen LogP contribution < -0.4 is 14.9 Å². The van der Waals surface area contributed by atoms with Crippen molar-refractivity contribution in [1.29, 1.82) is 0 Å². The van der Waals surface area contributed by atoms with Gasteiger partial charge in [0.05, 0.1) is 23.7 Å². The molecule has 4 rings (SSSR count). The van der Waals surface area contributed by atoms with E-state index in [2.05, 4.69) is 30.6 Å². The van der Waals surface area contributed by atoms with Gasteiger partial charge in [-0.15, -0.1) is 0 Å². The summed E-state index contributed by atoms with van der Waals surface area (Å²) in [5.74, 6) is 0. The van der Waals surface area contributed by atoms with Gasteiger partial charge >= 0.3 is 0 Å². The highest BCUT2D eigenvalue weighted by Crippen LogP contribution is 2.42. The summed E-state index contributed by atoms with van der Waals surface area (Å²) in [6.07, 6.45) is 4.93. The van der Waals surface area contributed by atoms with E-state index in [1.165, 1.54) is 0 Å². The fourth-order valence-electron chi connectivity index (χ4n) is 3.83. The Balaban J connectivity index is 1.79. The smallest absolute Gasteiger partial charge is 0.229 e. The van der Waals surface area contributed by atoms with E-state index >= 15 is 0 Å². The number of pyridine rings is 1. The molecule has 0 aliphatic carbocycles. The number of sulfonamides is 1. The van der Waals surface area contributed by atoms with Gasteiger partial charge in [0.15, 0.2) is 5.11 Å². The molecule has 7 nitrogen and oxygen atoms in total. The number of thiocarbonyl (C=S) groups is 1. The van der Waals surface area contributed by atoms with Gasteiger partial charge in [-0.05, 0) is 67.2 Å². The molecule has 1 saturated heterocycles. The number of rotatable bonds is 5. The Kier molecular flexibility index (Phi) is 5.25. The van der Waals surface area contributed by atoms with Crippen LogP contribution in [0.3, 0.4) is 0 Å². The van der Waals surface area contributed by atoms with Gasteiger partial charge in [0, 0.05) is 30.8 Å². The molecule has 30 heavy (non-hydrogen) atoms. The highest BCUT2D eigenvalue weighted by Gasteiger charge is 2.41. The van der Waals surface area contributed by atoms with Crippen molar-refractivity contribution in [3.05, 3.63) is 77.9 Å². The zero-order chi connectivity index (χ0) is 21.5. The maximum Gasteiger partial charge on any atom is 0.229 e. The molecule has 0 unspecified atom stereocenters. The first-order chi connectivity index (χ1) is 14.2. The maximum atomic E-state index is 11.6. The largest absolute Gasteiger partial charge is 0.353 e. The summed E-state index contributed by atoms with van der Waals surface area (Å²) >= 11 is 5.72. The number of anilines is 2. The Morgan fingerprint density at radius 1 is 1.17 bits per heavy atom. The molecule has 2 aromatic heterocycles. The van der Waals surface area contributed by atoms with Gasteiger partial charge in [0.25, 0.3) is 0 Å². The van der Waals surface area contributed by atoms with E-state index in [9.17, 15) is 8.42 Å². The van der Waals surface area contributed by atoms with Gasteiger partial charge in [-0.2, -0.15) is 0 Å². The second kappa shape index (κ2) is 7.73. The molecule has 1 aliphatic heterocycles. The second-order valence-electron chi connectivity index (χ2n) is 7.41. The molecule has 0 saturated carbocycles. The third-order valence-corrected chi connectivity index (χ3v) is 6.07. The molecule has 3 aromatic rings. The van der Waals surface area contributed by atoms with Gasteiger partial charge in [-0.3, -0.25) is 9.71 Å². The van der Waals surface area contributed by atoms with Crippen LogP contribution in [0, 0.1) is 6.92 Å². The van der Waals surface area contributed by atoms with Crippen molar-refractivity contribution in [3.63, 3.8) is 0 Å². The van der Waals surface area contributed by atoms with Gasteiger partial charge in [-0.25, -0.2) is 8.42 Å². The molecule has 0 radical (unpaired) electrons. The molecule has 1 aromatic carbocycles. The first-order valence-electron chi connectivity index (χ1n) is 9.45. The van der Waals surface area contributed by atoms with E-state index in [1.54, 1.807) is 12.3 Å². The third kappa shape index (κ3) is 3.90. The molecular weight excluding hydrogens is 418 g/mol. The lowest BCUT2D eigenvalue weighted by molar-refractivity contribution is 0.541. The van der Waals surface area contributed by atoms with Gasteiger partial charge in [0.1, 0.15) is 6.04 Å². The van der Waals surface area contributed by atoms with E-state index in [1.807, 2.05) is 56.6 Å². The predicted octanol–water partition coefficient (Wildman–Crippen LogP) is 3.28. The quantitative estimate of drug-likeness (QED) is 0.592. The summed E-state index contributed by atoms with van der Waals surface area (Å²) in [6.45, 7) is 1.87. The molecular formula is C21H23N5O2S2. The van der Waals surface area contributed by atoms with Crippen molar-refractivity contribution in [3.8, 4) is 0 Å². The molecule has 2 atom stereocenters. The number of aromatic nitrogens is 2. The molecule has 0 bridgehead atoms. The van der Waals surface area contributed by atoms with Crippen molar-refractivity contribution in [2.45, 2.75) is 19.0 Å². The van der Waals surface area contributed by atoms with Crippen LogP contribution in [0.4, 0.5) is 11.4 Å². The first-order valence-corrected chi connectivity index (χ1v) is 11.7. The number of hydrogen-bond donors (Lipinski definition) is 2. The Morgan fingerprint density at radius 2 is 1.97 bits per heavy atom. The lowest BCUT2D eigenvalue weighted by Gasteiger charge is -2.28. The number of nitrogens with zero attached hydrogens (tertiary/aromatic N) is 3. The molecule has 3 heterocycles. The normalized spacial score (nSPS) is 19.0. The zero-order valence-electron chi connectivity index (χ0n) is 16.9. The zero-order valence-corrected chi connectivity index (χ0v) is 18.5. The van der Waals surface area contributed by atoms with E-state index < -0.39 is 10.0 Å². The maximum absolute atomic E-state index is 11.6. The minimum atomic E-state index is -3.35. The second-order valence-corrected chi connectivity index (χ2v) is 9.55. The van der Waals surface area contributed by atoms with Crippen LogP contribution >= 0.6 is 12.2 Å². The van der Waals surface area contributed by atoms with E-state index in [0.717, 1.165) is 28.9 Å². The monoisotopic (exact) mass is 441 g/mol. The Hall–Kier alpha value is -2.91. The lowest BCUT2D eigenvalue weighted by atomic mass is 10.0. The molecule has 1 aliphatic rings. The topological polar surface area (TPSA) is 79.3 Å². The summed E-state index contributed by atoms with van der Waals surface area (Å²) in [5, 5.41) is 4.02. The van der Waals surface area contributed by atoms with Crippen LogP contribution in [0.25, 0.3) is 0 Å². The predicted molar refractivity (Wildman–Crippen MR) is 123 cm³/mol. The summed E-state index contributed by atoms with van der Waals surface area (Å²) in [6, 6.07) is 15.3. The summed E-state index contributed by atoms with van der Waals surface area (Å²) in [5.41, 5.74) is 4.24. The van der Waals surface area contributed by atoms with Crippen LogP contribution in [-0.2, 0) is 17.1 Å².